The van der Waals surface area contributed by atoms with E-state index < -0.39 is 0 Å². The van der Waals surface area contributed by atoms with Gasteiger partial charge < -0.3 is 15.5 Å². The fourth-order valence-corrected chi connectivity index (χ4v) is 5.96. The zero-order valence-electron chi connectivity index (χ0n) is 18.9. The fourth-order valence-electron chi connectivity index (χ4n) is 5.96. The van der Waals surface area contributed by atoms with E-state index in [1.807, 2.05) is 12.4 Å². The van der Waals surface area contributed by atoms with Crippen LogP contribution in [0.4, 0.5) is 11.6 Å². The summed E-state index contributed by atoms with van der Waals surface area (Å²) < 4.78 is 2.17. The van der Waals surface area contributed by atoms with E-state index in [9.17, 15) is 0 Å². The summed E-state index contributed by atoms with van der Waals surface area (Å²) in [5.74, 6) is 2.29. The molecule has 7 heteroatoms. The minimum atomic E-state index is 0.505. The Bertz CT molecular complexity index is 1070. The van der Waals surface area contributed by atoms with Gasteiger partial charge in [0.1, 0.15) is 0 Å². The van der Waals surface area contributed by atoms with Gasteiger partial charge in [0.2, 0.25) is 5.95 Å². The molecular formula is C25H33N7. The first-order valence-corrected chi connectivity index (χ1v) is 12.2. The standard InChI is InChI=1S/C25H33N7/c1-31-10-8-21(9-11-31)26-14-17-3-6-22(7-4-17)29-25-27-15-20-16-28-32(24(20)30-25)23-13-18-2-5-19(23)12-18/h3-4,6-7,15-16,18-19,21,23,26H,2,5,8-14H2,1H3,(H,27,29,30)/t18-,19+,23+/m1/s1. The Kier molecular flexibility index (Phi) is 5.31. The van der Waals surface area contributed by atoms with Crippen LogP contribution in [0.3, 0.4) is 0 Å². The van der Waals surface area contributed by atoms with Gasteiger partial charge in [0.15, 0.2) is 5.65 Å². The Labute approximate surface area is 189 Å². The van der Waals surface area contributed by atoms with E-state index >= 15 is 0 Å². The van der Waals surface area contributed by atoms with E-state index in [-0.39, 0.29) is 0 Å². The number of nitrogens with one attached hydrogen (secondary N) is 2. The van der Waals surface area contributed by atoms with E-state index in [2.05, 4.69) is 56.5 Å². The van der Waals surface area contributed by atoms with E-state index in [0.29, 0.717) is 18.0 Å². The first kappa shape index (κ1) is 20.1. The molecule has 2 aromatic heterocycles. The highest BCUT2D eigenvalue weighted by Crippen LogP contribution is 2.50. The maximum Gasteiger partial charge on any atom is 0.229 e. The van der Waals surface area contributed by atoms with Crippen molar-refractivity contribution in [3.8, 4) is 0 Å². The molecule has 32 heavy (non-hydrogen) atoms. The maximum absolute atomic E-state index is 4.85. The minimum absolute atomic E-state index is 0.505. The van der Waals surface area contributed by atoms with Crippen LogP contribution in [-0.2, 0) is 6.54 Å². The van der Waals surface area contributed by atoms with Gasteiger partial charge in [-0.2, -0.15) is 10.1 Å². The van der Waals surface area contributed by atoms with Gasteiger partial charge in [0.05, 0.1) is 17.6 Å². The van der Waals surface area contributed by atoms with Crippen molar-refractivity contribution in [2.45, 2.75) is 57.2 Å². The average Bonchev–Trinajstić information content (AvgIpc) is 3.55. The summed E-state index contributed by atoms with van der Waals surface area (Å²) in [6.07, 6.45) is 11.6. The largest absolute Gasteiger partial charge is 0.324 e. The zero-order chi connectivity index (χ0) is 21.5. The Morgan fingerprint density at radius 3 is 2.59 bits per heavy atom. The number of likely N-dealkylation sites (tertiary alicyclic amines) is 1. The highest BCUT2D eigenvalue weighted by atomic mass is 15.3. The third kappa shape index (κ3) is 3.99. The molecule has 0 spiro atoms. The molecule has 3 aliphatic rings. The monoisotopic (exact) mass is 431 g/mol. The summed E-state index contributed by atoms with van der Waals surface area (Å²) in [4.78, 5) is 11.8. The molecule has 1 aromatic carbocycles. The number of rotatable bonds is 6. The molecule has 1 aliphatic heterocycles. The van der Waals surface area contributed by atoms with Crippen molar-refractivity contribution >= 4 is 22.7 Å². The lowest BCUT2D eigenvalue weighted by atomic mass is 9.95. The number of hydrogen-bond donors (Lipinski definition) is 2. The third-order valence-electron chi connectivity index (χ3n) is 7.87. The SMILES string of the molecule is CN1CCC(NCc2ccc(Nc3ncc4cnn([C@H]5C[C@@H]6CC[C@H]5C6)c4n3)cc2)CC1. The van der Waals surface area contributed by atoms with Gasteiger partial charge >= 0.3 is 0 Å². The summed E-state index contributed by atoms with van der Waals surface area (Å²) in [7, 11) is 2.20. The quantitative estimate of drug-likeness (QED) is 0.612. The van der Waals surface area contributed by atoms with E-state index in [0.717, 1.165) is 35.1 Å². The van der Waals surface area contributed by atoms with E-state index in [1.165, 1.54) is 57.2 Å². The topological polar surface area (TPSA) is 70.9 Å². The maximum atomic E-state index is 4.85. The van der Waals surface area contributed by atoms with Crippen molar-refractivity contribution in [2.24, 2.45) is 11.8 Å². The Balaban J connectivity index is 1.11. The number of benzene rings is 1. The molecular weight excluding hydrogens is 398 g/mol. The molecule has 2 bridgehead atoms. The molecule has 2 saturated carbocycles. The van der Waals surface area contributed by atoms with Crippen LogP contribution in [0.15, 0.2) is 36.7 Å². The molecule has 1 saturated heterocycles. The van der Waals surface area contributed by atoms with Crippen molar-refractivity contribution in [3.63, 3.8) is 0 Å². The zero-order valence-corrected chi connectivity index (χ0v) is 18.9. The molecule has 3 heterocycles. The number of anilines is 2. The molecule has 6 rings (SSSR count). The normalized spacial score (nSPS) is 26.2. The van der Waals surface area contributed by atoms with Crippen LogP contribution < -0.4 is 10.6 Å². The second kappa shape index (κ2) is 8.45. The molecule has 3 aromatic rings. The van der Waals surface area contributed by atoms with Crippen LogP contribution in [0.25, 0.3) is 11.0 Å². The van der Waals surface area contributed by atoms with Gasteiger partial charge in [-0.05, 0) is 81.8 Å². The number of hydrogen-bond acceptors (Lipinski definition) is 6. The second-order valence-corrected chi connectivity index (χ2v) is 10.1. The summed E-state index contributed by atoms with van der Waals surface area (Å²) >= 11 is 0. The fraction of sp³-hybridized carbons (Fsp3) is 0.560. The van der Waals surface area contributed by atoms with E-state index in [1.54, 1.807) is 0 Å². The van der Waals surface area contributed by atoms with Crippen LogP contribution in [0, 0.1) is 11.8 Å². The second-order valence-electron chi connectivity index (χ2n) is 10.1. The predicted molar refractivity (Wildman–Crippen MR) is 127 cm³/mol. The third-order valence-corrected chi connectivity index (χ3v) is 7.87. The van der Waals surface area contributed by atoms with Crippen molar-refractivity contribution in [1.82, 2.24) is 30.0 Å². The van der Waals surface area contributed by atoms with Gasteiger partial charge in [-0.15, -0.1) is 0 Å². The lowest BCUT2D eigenvalue weighted by molar-refractivity contribution is 0.234. The predicted octanol–water partition coefficient (Wildman–Crippen LogP) is 4.11. The van der Waals surface area contributed by atoms with Crippen molar-refractivity contribution in [2.75, 3.05) is 25.5 Å². The molecule has 3 fully saturated rings. The number of nitrogens with zero attached hydrogens (tertiary/aromatic N) is 5. The summed E-state index contributed by atoms with van der Waals surface area (Å²) in [5.41, 5.74) is 3.28. The molecule has 3 atom stereocenters. The molecule has 2 aliphatic carbocycles. The summed E-state index contributed by atoms with van der Waals surface area (Å²) in [6.45, 7) is 3.29. The molecule has 0 unspecified atom stereocenters. The minimum Gasteiger partial charge on any atom is -0.324 e. The van der Waals surface area contributed by atoms with Crippen molar-refractivity contribution < 1.29 is 0 Å². The van der Waals surface area contributed by atoms with Crippen LogP contribution in [-0.4, -0.2) is 50.8 Å². The highest BCUT2D eigenvalue weighted by Gasteiger charge is 2.41. The Morgan fingerprint density at radius 2 is 1.84 bits per heavy atom. The van der Waals surface area contributed by atoms with Gasteiger partial charge in [-0.25, -0.2) is 9.67 Å². The van der Waals surface area contributed by atoms with Crippen molar-refractivity contribution in [1.29, 1.82) is 0 Å². The van der Waals surface area contributed by atoms with Crippen molar-refractivity contribution in [3.05, 3.63) is 42.2 Å². The molecule has 7 nitrogen and oxygen atoms in total. The Morgan fingerprint density at radius 1 is 1.00 bits per heavy atom. The lowest BCUT2D eigenvalue weighted by Gasteiger charge is -2.29. The Hall–Kier alpha value is -2.51. The average molecular weight is 432 g/mol. The molecule has 0 amide bonds. The van der Waals surface area contributed by atoms with Crippen LogP contribution >= 0.6 is 0 Å². The molecule has 2 N–H and O–H groups in total. The highest BCUT2D eigenvalue weighted by molar-refractivity contribution is 5.75. The van der Waals surface area contributed by atoms with Gasteiger partial charge in [-0.3, -0.25) is 0 Å². The van der Waals surface area contributed by atoms with Gasteiger partial charge in [0, 0.05) is 24.5 Å². The number of piperidine rings is 1. The van der Waals surface area contributed by atoms with Gasteiger partial charge in [-0.1, -0.05) is 18.6 Å². The first-order valence-electron chi connectivity index (χ1n) is 12.2. The summed E-state index contributed by atoms with van der Waals surface area (Å²) in [5, 5.41) is 12.8. The van der Waals surface area contributed by atoms with Crippen LogP contribution in [0.5, 0.6) is 0 Å². The van der Waals surface area contributed by atoms with Gasteiger partial charge in [0.25, 0.3) is 0 Å². The number of fused-ring (bicyclic) bond motifs is 3. The molecule has 168 valence electrons. The number of aromatic nitrogens is 4. The summed E-state index contributed by atoms with van der Waals surface area (Å²) in [6, 6.07) is 9.73. The van der Waals surface area contributed by atoms with Crippen LogP contribution in [0.1, 0.15) is 50.1 Å². The first-order chi connectivity index (χ1) is 15.7. The lowest BCUT2D eigenvalue weighted by Crippen LogP contribution is -2.40. The molecule has 0 radical (unpaired) electrons. The smallest absolute Gasteiger partial charge is 0.229 e. The van der Waals surface area contributed by atoms with Crippen LogP contribution in [0.2, 0.25) is 0 Å². The van der Waals surface area contributed by atoms with E-state index in [4.69, 9.17) is 10.1 Å².